The molecule has 0 aromatic carbocycles. The SMILES string of the molecule is Cc1nc(NC(=O)CCCNC(=O)NC2CCCCC2)sc1C. The lowest BCUT2D eigenvalue weighted by molar-refractivity contribution is -0.116. The minimum atomic E-state index is -0.122. The number of aryl methyl sites for hydroxylation is 2. The number of anilines is 1. The van der Waals surface area contributed by atoms with Crippen LogP contribution in [0, 0.1) is 13.8 Å². The van der Waals surface area contributed by atoms with E-state index < -0.39 is 0 Å². The van der Waals surface area contributed by atoms with E-state index in [2.05, 4.69) is 20.9 Å². The third-order valence-corrected chi connectivity index (χ3v) is 5.07. The lowest BCUT2D eigenvalue weighted by Gasteiger charge is -2.22. The van der Waals surface area contributed by atoms with E-state index in [1.165, 1.54) is 30.6 Å². The molecular weight excluding hydrogens is 312 g/mol. The second-order valence-electron chi connectivity index (χ2n) is 6.05. The predicted octanol–water partition coefficient (Wildman–Crippen LogP) is 3.11. The van der Waals surface area contributed by atoms with Gasteiger partial charge in [-0.05, 0) is 33.1 Å². The van der Waals surface area contributed by atoms with Gasteiger partial charge in [-0.2, -0.15) is 0 Å². The zero-order valence-electron chi connectivity index (χ0n) is 13.9. The highest BCUT2D eigenvalue weighted by atomic mass is 32.1. The molecule has 3 amide bonds. The zero-order valence-corrected chi connectivity index (χ0v) is 14.7. The summed E-state index contributed by atoms with van der Waals surface area (Å²) in [6, 6.07) is 0.187. The minimum Gasteiger partial charge on any atom is -0.338 e. The van der Waals surface area contributed by atoms with Gasteiger partial charge < -0.3 is 16.0 Å². The van der Waals surface area contributed by atoms with Crippen LogP contribution in [0.5, 0.6) is 0 Å². The van der Waals surface area contributed by atoms with Gasteiger partial charge in [0.1, 0.15) is 0 Å². The molecule has 7 heteroatoms. The van der Waals surface area contributed by atoms with Crippen molar-refractivity contribution in [1.82, 2.24) is 15.6 Å². The number of hydrogen-bond donors (Lipinski definition) is 3. The molecule has 1 aromatic rings. The van der Waals surface area contributed by atoms with Gasteiger partial charge in [-0.3, -0.25) is 4.79 Å². The minimum absolute atomic E-state index is 0.0618. The quantitative estimate of drug-likeness (QED) is 0.697. The first-order valence-electron chi connectivity index (χ1n) is 8.33. The second-order valence-corrected chi connectivity index (χ2v) is 7.25. The van der Waals surface area contributed by atoms with E-state index in [0.717, 1.165) is 23.4 Å². The molecule has 1 aliphatic carbocycles. The fourth-order valence-electron chi connectivity index (χ4n) is 2.64. The highest BCUT2D eigenvalue weighted by molar-refractivity contribution is 7.15. The number of carbonyl (C=O) groups is 2. The van der Waals surface area contributed by atoms with E-state index in [0.29, 0.717) is 30.6 Å². The van der Waals surface area contributed by atoms with E-state index in [4.69, 9.17) is 0 Å². The van der Waals surface area contributed by atoms with Crippen molar-refractivity contribution < 1.29 is 9.59 Å². The summed E-state index contributed by atoms with van der Waals surface area (Å²) in [6.45, 7) is 4.41. The topological polar surface area (TPSA) is 83.1 Å². The fraction of sp³-hybridized carbons (Fsp3) is 0.688. The summed E-state index contributed by atoms with van der Waals surface area (Å²) in [7, 11) is 0. The molecule has 1 heterocycles. The van der Waals surface area contributed by atoms with Crippen molar-refractivity contribution in [3.63, 3.8) is 0 Å². The summed E-state index contributed by atoms with van der Waals surface area (Å²) >= 11 is 1.48. The molecule has 128 valence electrons. The Balaban J connectivity index is 1.57. The van der Waals surface area contributed by atoms with Crippen LogP contribution < -0.4 is 16.0 Å². The van der Waals surface area contributed by atoms with Crippen LogP contribution in [-0.2, 0) is 4.79 Å². The molecule has 0 aliphatic heterocycles. The number of thiazole rings is 1. The number of urea groups is 1. The third kappa shape index (κ3) is 6.17. The van der Waals surface area contributed by atoms with Crippen LogP contribution in [0.4, 0.5) is 9.93 Å². The van der Waals surface area contributed by atoms with Crippen LogP contribution in [0.1, 0.15) is 55.5 Å². The number of nitrogens with one attached hydrogen (secondary N) is 3. The largest absolute Gasteiger partial charge is 0.338 e. The smallest absolute Gasteiger partial charge is 0.315 e. The Morgan fingerprint density at radius 2 is 1.96 bits per heavy atom. The summed E-state index contributed by atoms with van der Waals surface area (Å²) in [5.74, 6) is -0.0618. The van der Waals surface area contributed by atoms with E-state index in [1.807, 2.05) is 13.8 Å². The molecule has 0 saturated heterocycles. The summed E-state index contributed by atoms with van der Waals surface area (Å²) in [5.41, 5.74) is 0.950. The van der Waals surface area contributed by atoms with Crippen LogP contribution in [0.25, 0.3) is 0 Å². The number of amides is 3. The lowest BCUT2D eigenvalue weighted by atomic mass is 9.96. The first kappa shape index (κ1) is 17.7. The van der Waals surface area contributed by atoms with Crippen LogP contribution in [-0.4, -0.2) is 29.5 Å². The van der Waals surface area contributed by atoms with Gasteiger partial charge in [-0.25, -0.2) is 9.78 Å². The van der Waals surface area contributed by atoms with Crippen molar-refractivity contribution in [2.75, 3.05) is 11.9 Å². The van der Waals surface area contributed by atoms with E-state index >= 15 is 0 Å². The van der Waals surface area contributed by atoms with Crippen LogP contribution in [0.3, 0.4) is 0 Å². The number of hydrogen-bond acceptors (Lipinski definition) is 4. The molecule has 1 saturated carbocycles. The van der Waals surface area contributed by atoms with E-state index in [1.54, 1.807) is 0 Å². The normalized spacial score (nSPS) is 15.2. The third-order valence-electron chi connectivity index (χ3n) is 4.08. The lowest BCUT2D eigenvalue weighted by Crippen LogP contribution is -2.43. The zero-order chi connectivity index (χ0) is 16.7. The van der Waals surface area contributed by atoms with Gasteiger partial charge in [0.2, 0.25) is 5.91 Å². The van der Waals surface area contributed by atoms with Gasteiger partial charge >= 0.3 is 6.03 Å². The molecule has 6 nitrogen and oxygen atoms in total. The Hall–Kier alpha value is -1.63. The molecule has 23 heavy (non-hydrogen) atoms. The maximum absolute atomic E-state index is 11.8. The average molecular weight is 338 g/mol. The number of nitrogens with zero attached hydrogens (tertiary/aromatic N) is 1. The van der Waals surface area contributed by atoms with Gasteiger partial charge in [0.05, 0.1) is 5.69 Å². The van der Waals surface area contributed by atoms with Gasteiger partial charge in [0, 0.05) is 23.9 Å². The molecule has 1 fully saturated rings. The van der Waals surface area contributed by atoms with Crippen molar-refractivity contribution in [2.24, 2.45) is 0 Å². The maximum Gasteiger partial charge on any atom is 0.315 e. The van der Waals surface area contributed by atoms with Crippen molar-refractivity contribution >= 4 is 28.4 Å². The van der Waals surface area contributed by atoms with Gasteiger partial charge in [-0.1, -0.05) is 19.3 Å². The molecule has 2 rings (SSSR count). The van der Waals surface area contributed by atoms with E-state index in [-0.39, 0.29) is 11.9 Å². The summed E-state index contributed by atoms with van der Waals surface area (Å²) in [4.78, 5) is 29.0. The van der Waals surface area contributed by atoms with Crippen molar-refractivity contribution in [3.05, 3.63) is 10.6 Å². The Labute approximate surface area is 141 Å². The Morgan fingerprint density at radius 3 is 2.61 bits per heavy atom. The van der Waals surface area contributed by atoms with Crippen molar-refractivity contribution in [2.45, 2.75) is 64.8 Å². The monoisotopic (exact) mass is 338 g/mol. The van der Waals surface area contributed by atoms with Crippen LogP contribution >= 0.6 is 11.3 Å². The first-order valence-corrected chi connectivity index (χ1v) is 9.14. The maximum atomic E-state index is 11.8. The van der Waals surface area contributed by atoms with Gasteiger partial charge in [-0.15, -0.1) is 11.3 Å². The Morgan fingerprint density at radius 1 is 1.22 bits per heavy atom. The molecule has 0 unspecified atom stereocenters. The summed E-state index contributed by atoms with van der Waals surface area (Å²) in [6.07, 6.45) is 6.80. The average Bonchev–Trinajstić information content (AvgIpc) is 2.82. The Kier molecular flexibility index (Phi) is 6.83. The summed E-state index contributed by atoms with van der Waals surface area (Å²) in [5, 5.41) is 9.26. The molecule has 3 N–H and O–H groups in total. The Bertz CT molecular complexity index is 519. The molecule has 0 radical (unpaired) electrons. The summed E-state index contributed by atoms with van der Waals surface area (Å²) < 4.78 is 0. The molecule has 1 aromatic heterocycles. The van der Waals surface area contributed by atoms with Gasteiger partial charge in [0.25, 0.3) is 0 Å². The van der Waals surface area contributed by atoms with Gasteiger partial charge in [0.15, 0.2) is 5.13 Å². The van der Waals surface area contributed by atoms with Crippen LogP contribution in [0.15, 0.2) is 0 Å². The first-order chi connectivity index (χ1) is 11.0. The van der Waals surface area contributed by atoms with Crippen molar-refractivity contribution in [3.8, 4) is 0 Å². The molecule has 0 bridgehead atoms. The highest BCUT2D eigenvalue weighted by Crippen LogP contribution is 2.21. The highest BCUT2D eigenvalue weighted by Gasteiger charge is 2.15. The predicted molar refractivity (Wildman–Crippen MR) is 92.9 cm³/mol. The molecule has 0 atom stereocenters. The fourth-order valence-corrected chi connectivity index (χ4v) is 3.47. The van der Waals surface area contributed by atoms with Crippen LogP contribution in [0.2, 0.25) is 0 Å². The standard InChI is InChI=1S/C16H26N4O2S/c1-11-12(2)23-16(18-11)20-14(21)9-6-10-17-15(22)19-13-7-4-3-5-8-13/h13H,3-10H2,1-2H3,(H2,17,19,22)(H,18,20,21). The number of carbonyl (C=O) groups excluding carboxylic acids is 2. The molecular formula is C16H26N4O2S. The number of rotatable bonds is 6. The second kappa shape index (κ2) is 8.86. The molecule has 0 spiro atoms. The number of aromatic nitrogens is 1. The molecule has 1 aliphatic rings. The van der Waals surface area contributed by atoms with Crippen molar-refractivity contribution in [1.29, 1.82) is 0 Å². The van der Waals surface area contributed by atoms with E-state index in [9.17, 15) is 9.59 Å².